The van der Waals surface area contributed by atoms with Crippen molar-refractivity contribution in [3.8, 4) is 11.4 Å². The molecule has 0 atom stereocenters. The maximum Gasteiger partial charge on any atom is 0.339 e. The van der Waals surface area contributed by atoms with Crippen LogP contribution in [0.3, 0.4) is 0 Å². The van der Waals surface area contributed by atoms with Gasteiger partial charge in [-0.05, 0) is 32.0 Å². The Bertz CT molecular complexity index is 602. The number of ether oxygens (including phenoxy) is 1. The number of carboxylic acid groups (broad SMARTS) is 1. The van der Waals surface area contributed by atoms with Crippen molar-refractivity contribution in [1.82, 2.24) is 9.78 Å². The van der Waals surface area contributed by atoms with Gasteiger partial charge in [0.2, 0.25) is 0 Å². The lowest BCUT2D eigenvalue weighted by atomic mass is 10.2. The third-order valence-corrected chi connectivity index (χ3v) is 2.67. The number of aromatic carboxylic acids is 1. The fraction of sp³-hybridized carbons (Fsp3) is 0.231. The van der Waals surface area contributed by atoms with Crippen LogP contribution in [0.1, 0.15) is 21.7 Å². The number of rotatable bonds is 3. The van der Waals surface area contributed by atoms with E-state index in [1.54, 1.807) is 16.8 Å². The number of nitrogens with zero attached hydrogens (tertiary/aromatic N) is 2. The Morgan fingerprint density at radius 3 is 2.56 bits per heavy atom. The molecule has 0 saturated heterocycles. The van der Waals surface area contributed by atoms with Crippen LogP contribution in [0.4, 0.5) is 0 Å². The number of carboxylic acids is 1. The first-order valence-electron chi connectivity index (χ1n) is 5.48. The summed E-state index contributed by atoms with van der Waals surface area (Å²) in [7, 11) is 1.45. The van der Waals surface area contributed by atoms with Crippen LogP contribution in [0.2, 0.25) is 0 Å². The summed E-state index contributed by atoms with van der Waals surface area (Å²) >= 11 is 0. The predicted molar refractivity (Wildman–Crippen MR) is 66.5 cm³/mol. The summed E-state index contributed by atoms with van der Waals surface area (Å²) in [6.45, 7) is 3.85. The topological polar surface area (TPSA) is 64.4 Å². The van der Waals surface area contributed by atoms with E-state index in [0.717, 1.165) is 17.1 Å². The van der Waals surface area contributed by atoms with Crippen molar-refractivity contribution in [3.05, 3.63) is 41.2 Å². The van der Waals surface area contributed by atoms with Gasteiger partial charge in [-0.15, -0.1) is 0 Å². The highest BCUT2D eigenvalue weighted by atomic mass is 16.5. The van der Waals surface area contributed by atoms with Crippen LogP contribution in [0, 0.1) is 13.8 Å². The average molecular weight is 246 g/mol. The zero-order valence-electron chi connectivity index (χ0n) is 10.5. The molecule has 1 aromatic heterocycles. The zero-order valence-corrected chi connectivity index (χ0v) is 10.5. The lowest BCUT2D eigenvalue weighted by Crippen LogP contribution is -2.04. The molecule has 18 heavy (non-hydrogen) atoms. The van der Waals surface area contributed by atoms with E-state index in [1.165, 1.54) is 13.2 Å². The lowest BCUT2D eigenvalue weighted by molar-refractivity contribution is 0.0693. The first kappa shape index (κ1) is 12.2. The minimum atomic E-state index is -1.01. The maximum atomic E-state index is 11.0. The Morgan fingerprint density at radius 1 is 1.33 bits per heavy atom. The molecule has 0 aliphatic heterocycles. The Kier molecular flexibility index (Phi) is 3.06. The van der Waals surface area contributed by atoms with Gasteiger partial charge in [-0.25, -0.2) is 9.48 Å². The largest absolute Gasteiger partial charge is 0.496 e. The highest BCUT2D eigenvalue weighted by Crippen LogP contribution is 2.23. The van der Waals surface area contributed by atoms with Crippen molar-refractivity contribution in [2.45, 2.75) is 13.8 Å². The average Bonchev–Trinajstić information content (AvgIpc) is 2.67. The second-order valence-corrected chi connectivity index (χ2v) is 4.03. The van der Waals surface area contributed by atoms with E-state index in [2.05, 4.69) is 5.10 Å². The number of aryl methyl sites for hydroxylation is 2. The van der Waals surface area contributed by atoms with Crippen molar-refractivity contribution in [2.75, 3.05) is 7.11 Å². The summed E-state index contributed by atoms with van der Waals surface area (Å²) in [5.41, 5.74) is 2.82. The molecule has 1 heterocycles. The molecular formula is C13H14N2O3. The van der Waals surface area contributed by atoms with Gasteiger partial charge in [0, 0.05) is 11.8 Å². The smallest absolute Gasteiger partial charge is 0.339 e. The van der Waals surface area contributed by atoms with E-state index in [9.17, 15) is 4.79 Å². The van der Waals surface area contributed by atoms with Crippen LogP contribution in [0.25, 0.3) is 5.69 Å². The van der Waals surface area contributed by atoms with E-state index in [1.807, 2.05) is 19.9 Å². The van der Waals surface area contributed by atoms with Crippen LogP contribution < -0.4 is 4.74 Å². The molecule has 2 rings (SSSR count). The molecule has 2 aromatic rings. The Morgan fingerprint density at radius 2 is 2.06 bits per heavy atom. The number of hydrogen-bond donors (Lipinski definition) is 1. The number of methoxy groups -OCH3 is 1. The van der Waals surface area contributed by atoms with Gasteiger partial charge >= 0.3 is 5.97 Å². The molecule has 1 N–H and O–H groups in total. The van der Waals surface area contributed by atoms with E-state index in [0.29, 0.717) is 5.75 Å². The number of carbonyl (C=O) groups is 1. The van der Waals surface area contributed by atoms with Crippen molar-refractivity contribution in [3.63, 3.8) is 0 Å². The zero-order chi connectivity index (χ0) is 13.3. The predicted octanol–water partition coefficient (Wildman–Crippen LogP) is 2.20. The van der Waals surface area contributed by atoms with Crippen molar-refractivity contribution < 1.29 is 14.6 Å². The Balaban J connectivity index is 2.54. The lowest BCUT2D eigenvalue weighted by Gasteiger charge is -2.09. The van der Waals surface area contributed by atoms with Crippen molar-refractivity contribution in [1.29, 1.82) is 0 Å². The van der Waals surface area contributed by atoms with Gasteiger partial charge in [0.25, 0.3) is 0 Å². The third kappa shape index (κ3) is 2.07. The van der Waals surface area contributed by atoms with E-state index >= 15 is 0 Å². The highest BCUT2D eigenvalue weighted by molar-refractivity contribution is 5.91. The van der Waals surface area contributed by atoms with Gasteiger partial charge in [0.15, 0.2) is 0 Å². The summed E-state index contributed by atoms with van der Waals surface area (Å²) < 4.78 is 6.85. The summed E-state index contributed by atoms with van der Waals surface area (Å²) in [6, 6.07) is 6.86. The van der Waals surface area contributed by atoms with Gasteiger partial charge in [0.1, 0.15) is 11.3 Å². The molecular weight excluding hydrogens is 232 g/mol. The van der Waals surface area contributed by atoms with Crippen LogP contribution >= 0.6 is 0 Å². The van der Waals surface area contributed by atoms with Crippen molar-refractivity contribution in [2.24, 2.45) is 0 Å². The molecule has 0 bridgehead atoms. The quantitative estimate of drug-likeness (QED) is 0.901. The standard InChI is InChI=1S/C13H14N2O3/c1-8-6-9(2)15(14-8)10-4-5-11(13(16)17)12(7-10)18-3/h4-7H,1-3H3,(H,16,17). The molecule has 0 spiro atoms. The number of benzene rings is 1. The van der Waals surface area contributed by atoms with E-state index in [-0.39, 0.29) is 5.56 Å². The monoisotopic (exact) mass is 246 g/mol. The van der Waals surface area contributed by atoms with Crippen LogP contribution in [0.5, 0.6) is 5.75 Å². The second kappa shape index (κ2) is 4.52. The first-order chi connectivity index (χ1) is 8.52. The van der Waals surface area contributed by atoms with Crippen molar-refractivity contribution >= 4 is 5.97 Å². The SMILES string of the molecule is COc1cc(-n2nc(C)cc2C)ccc1C(=O)O. The second-order valence-electron chi connectivity index (χ2n) is 4.03. The molecule has 0 radical (unpaired) electrons. The number of aromatic nitrogens is 2. The highest BCUT2D eigenvalue weighted by Gasteiger charge is 2.13. The minimum absolute atomic E-state index is 0.141. The maximum absolute atomic E-state index is 11.0. The van der Waals surface area contributed by atoms with E-state index in [4.69, 9.17) is 9.84 Å². The van der Waals surface area contributed by atoms with Crippen LogP contribution in [-0.4, -0.2) is 28.0 Å². The summed E-state index contributed by atoms with van der Waals surface area (Å²) in [4.78, 5) is 11.0. The van der Waals surface area contributed by atoms with Gasteiger partial charge < -0.3 is 9.84 Å². The molecule has 0 unspecified atom stereocenters. The Hall–Kier alpha value is -2.30. The summed E-state index contributed by atoms with van der Waals surface area (Å²) in [6.07, 6.45) is 0. The minimum Gasteiger partial charge on any atom is -0.496 e. The third-order valence-electron chi connectivity index (χ3n) is 2.67. The number of hydrogen-bond acceptors (Lipinski definition) is 3. The molecule has 5 nitrogen and oxygen atoms in total. The normalized spacial score (nSPS) is 10.4. The molecule has 0 aliphatic rings. The van der Waals surface area contributed by atoms with E-state index < -0.39 is 5.97 Å². The molecule has 0 fully saturated rings. The summed E-state index contributed by atoms with van der Waals surface area (Å²) in [5, 5.41) is 13.4. The van der Waals surface area contributed by atoms with Gasteiger partial charge in [-0.2, -0.15) is 5.10 Å². The Labute approximate surface area is 105 Å². The molecule has 5 heteroatoms. The fourth-order valence-electron chi connectivity index (χ4n) is 1.88. The molecule has 0 saturated carbocycles. The first-order valence-corrected chi connectivity index (χ1v) is 5.48. The molecule has 0 aliphatic carbocycles. The van der Waals surface area contributed by atoms with Gasteiger partial charge in [0.05, 0.1) is 18.5 Å². The van der Waals surface area contributed by atoms with Gasteiger partial charge in [-0.1, -0.05) is 0 Å². The van der Waals surface area contributed by atoms with Gasteiger partial charge in [-0.3, -0.25) is 0 Å². The molecule has 94 valence electrons. The summed E-state index contributed by atoms with van der Waals surface area (Å²) in [5.74, 6) is -0.681. The fourth-order valence-corrected chi connectivity index (χ4v) is 1.88. The van der Waals surface area contributed by atoms with Crippen LogP contribution in [0.15, 0.2) is 24.3 Å². The van der Waals surface area contributed by atoms with Crippen LogP contribution in [-0.2, 0) is 0 Å². The molecule has 0 amide bonds. The molecule has 1 aromatic carbocycles.